The fraction of sp³-hybridized carbons (Fsp3) is 0.0588. The maximum atomic E-state index is 12.3. The van der Waals surface area contributed by atoms with Crippen molar-refractivity contribution in [2.75, 3.05) is 5.32 Å². The van der Waals surface area contributed by atoms with Crippen LogP contribution >= 0.6 is 46.1 Å². The second kappa shape index (κ2) is 7.11. The molecule has 2 aromatic carbocycles. The Balaban J connectivity index is 1.86. The summed E-state index contributed by atoms with van der Waals surface area (Å²) in [5.74, 6) is -0.257. The predicted molar refractivity (Wildman–Crippen MR) is 102 cm³/mol. The van der Waals surface area contributed by atoms with E-state index in [1.54, 1.807) is 36.4 Å². The van der Waals surface area contributed by atoms with Crippen molar-refractivity contribution in [3.05, 3.63) is 68.0 Å². The van der Waals surface area contributed by atoms with Gasteiger partial charge in [0.25, 0.3) is 5.91 Å². The van der Waals surface area contributed by atoms with E-state index in [1.165, 1.54) is 11.3 Å². The van der Waals surface area contributed by atoms with Gasteiger partial charge >= 0.3 is 0 Å². The van der Waals surface area contributed by atoms with Crippen LogP contribution in [0, 0.1) is 6.92 Å². The maximum Gasteiger partial charge on any atom is 0.257 e. The monoisotopic (exact) mass is 396 g/mol. The minimum absolute atomic E-state index is 0.257. The summed E-state index contributed by atoms with van der Waals surface area (Å²) in [7, 11) is 0. The molecular weight excluding hydrogens is 387 g/mol. The van der Waals surface area contributed by atoms with Crippen LogP contribution in [0.4, 0.5) is 5.13 Å². The zero-order chi connectivity index (χ0) is 17.3. The van der Waals surface area contributed by atoms with Crippen molar-refractivity contribution in [1.82, 2.24) is 4.98 Å². The number of anilines is 1. The van der Waals surface area contributed by atoms with E-state index < -0.39 is 0 Å². The molecule has 0 bridgehead atoms. The zero-order valence-electron chi connectivity index (χ0n) is 12.4. The third-order valence-corrected chi connectivity index (χ3v) is 5.16. The fourth-order valence-corrected chi connectivity index (χ4v) is 3.48. The van der Waals surface area contributed by atoms with Crippen molar-refractivity contribution in [2.24, 2.45) is 0 Å². The van der Waals surface area contributed by atoms with Crippen molar-refractivity contribution < 1.29 is 4.79 Å². The molecule has 1 amide bonds. The van der Waals surface area contributed by atoms with E-state index in [0.717, 1.165) is 16.1 Å². The highest BCUT2D eigenvalue weighted by molar-refractivity contribution is 7.16. The molecule has 1 N–H and O–H groups in total. The molecule has 24 heavy (non-hydrogen) atoms. The van der Waals surface area contributed by atoms with Gasteiger partial charge in [-0.3, -0.25) is 10.1 Å². The summed E-state index contributed by atoms with van der Waals surface area (Å²) in [6.07, 6.45) is 0. The van der Waals surface area contributed by atoms with Gasteiger partial charge in [0, 0.05) is 21.0 Å². The van der Waals surface area contributed by atoms with Gasteiger partial charge in [-0.25, -0.2) is 4.98 Å². The number of carbonyl (C=O) groups is 1. The molecule has 0 aliphatic rings. The summed E-state index contributed by atoms with van der Waals surface area (Å²) in [4.78, 5) is 17.7. The largest absolute Gasteiger partial charge is 0.298 e. The van der Waals surface area contributed by atoms with Gasteiger partial charge in [-0.05, 0) is 37.3 Å². The van der Waals surface area contributed by atoms with E-state index in [4.69, 9.17) is 34.8 Å². The van der Waals surface area contributed by atoms with Crippen molar-refractivity contribution in [3.63, 3.8) is 0 Å². The number of hydrogen-bond donors (Lipinski definition) is 1. The van der Waals surface area contributed by atoms with E-state index in [9.17, 15) is 4.79 Å². The Morgan fingerprint density at radius 3 is 2.58 bits per heavy atom. The molecule has 1 heterocycles. The molecule has 0 saturated carbocycles. The lowest BCUT2D eigenvalue weighted by Crippen LogP contribution is -2.11. The van der Waals surface area contributed by atoms with Crippen LogP contribution in [0.1, 0.15) is 15.2 Å². The second-order valence-electron chi connectivity index (χ2n) is 5.02. The number of aromatic nitrogens is 1. The molecule has 0 aliphatic carbocycles. The van der Waals surface area contributed by atoms with Gasteiger partial charge in [0.05, 0.1) is 15.7 Å². The Kier molecular flexibility index (Phi) is 5.11. The Hall–Kier alpha value is -1.59. The lowest BCUT2D eigenvalue weighted by Gasteiger charge is -2.02. The predicted octanol–water partition coefficient (Wildman–Crippen LogP) is 6.33. The third-order valence-electron chi connectivity index (χ3n) is 3.30. The first-order chi connectivity index (χ1) is 11.4. The molecular formula is C17H11Cl3N2OS. The fourth-order valence-electron chi connectivity index (χ4n) is 2.16. The molecule has 3 nitrogen and oxygen atoms in total. The molecule has 0 atom stereocenters. The number of nitrogens with one attached hydrogen (secondary N) is 1. The highest BCUT2D eigenvalue weighted by Gasteiger charge is 2.14. The second-order valence-corrected chi connectivity index (χ2v) is 7.47. The minimum atomic E-state index is -0.257. The molecule has 7 heteroatoms. The van der Waals surface area contributed by atoms with Crippen molar-refractivity contribution in [2.45, 2.75) is 6.92 Å². The summed E-state index contributed by atoms with van der Waals surface area (Å²) < 4.78 is 0. The Bertz CT molecular complexity index is 924. The molecule has 0 aliphatic heterocycles. The molecule has 3 rings (SSSR count). The van der Waals surface area contributed by atoms with Gasteiger partial charge < -0.3 is 0 Å². The number of halogens is 3. The summed E-state index contributed by atoms with van der Waals surface area (Å²) in [5.41, 5.74) is 2.09. The highest BCUT2D eigenvalue weighted by atomic mass is 35.5. The Morgan fingerprint density at radius 2 is 1.88 bits per heavy atom. The Morgan fingerprint density at radius 1 is 1.08 bits per heavy atom. The lowest BCUT2D eigenvalue weighted by molar-refractivity contribution is 0.102. The summed E-state index contributed by atoms with van der Waals surface area (Å²) in [6, 6.07) is 12.1. The standard InChI is InChI=1S/C17H11Cl3N2OS/c1-9-15(10-5-6-13(19)14(20)8-10)21-17(24-9)22-16(23)11-3-2-4-12(18)7-11/h2-8H,1H3,(H,21,22,23). The number of benzene rings is 2. The number of amides is 1. The van der Waals surface area contributed by atoms with Gasteiger partial charge in [-0.1, -0.05) is 46.9 Å². The first-order valence-corrected chi connectivity index (χ1v) is 8.89. The number of rotatable bonds is 3. The first kappa shape index (κ1) is 17.2. The van der Waals surface area contributed by atoms with Gasteiger partial charge in [0.2, 0.25) is 0 Å². The van der Waals surface area contributed by atoms with Gasteiger partial charge in [-0.2, -0.15) is 0 Å². The summed E-state index contributed by atoms with van der Waals surface area (Å²) >= 11 is 19.3. The topological polar surface area (TPSA) is 42.0 Å². The third kappa shape index (κ3) is 3.73. The van der Waals surface area contributed by atoms with Crippen LogP contribution in [0.3, 0.4) is 0 Å². The molecule has 0 fully saturated rings. The van der Waals surface area contributed by atoms with Crippen LogP contribution < -0.4 is 5.32 Å². The molecule has 0 unspecified atom stereocenters. The molecule has 0 spiro atoms. The van der Waals surface area contributed by atoms with E-state index in [-0.39, 0.29) is 5.91 Å². The average molecular weight is 398 g/mol. The highest BCUT2D eigenvalue weighted by Crippen LogP contribution is 2.34. The van der Waals surface area contributed by atoms with Crippen LogP contribution in [0.15, 0.2) is 42.5 Å². The first-order valence-electron chi connectivity index (χ1n) is 6.94. The number of nitrogens with zero attached hydrogens (tertiary/aromatic N) is 1. The smallest absolute Gasteiger partial charge is 0.257 e. The number of thiazole rings is 1. The Labute approximate surface area is 158 Å². The molecule has 3 aromatic rings. The number of carbonyl (C=O) groups excluding carboxylic acids is 1. The zero-order valence-corrected chi connectivity index (χ0v) is 15.5. The van der Waals surface area contributed by atoms with E-state index in [0.29, 0.717) is 25.8 Å². The molecule has 122 valence electrons. The van der Waals surface area contributed by atoms with Gasteiger partial charge in [0.1, 0.15) is 0 Å². The maximum absolute atomic E-state index is 12.3. The summed E-state index contributed by atoms with van der Waals surface area (Å²) in [5, 5.41) is 4.77. The normalized spacial score (nSPS) is 10.7. The van der Waals surface area contributed by atoms with E-state index in [2.05, 4.69) is 10.3 Å². The van der Waals surface area contributed by atoms with Crippen LogP contribution in [-0.2, 0) is 0 Å². The van der Waals surface area contributed by atoms with Crippen molar-refractivity contribution in [3.8, 4) is 11.3 Å². The number of hydrogen-bond acceptors (Lipinski definition) is 3. The average Bonchev–Trinajstić information content (AvgIpc) is 2.90. The van der Waals surface area contributed by atoms with Crippen LogP contribution in [0.5, 0.6) is 0 Å². The summed E-state index contributed by atoms with van der Waals surface area (Å²) in [6.45, 7) is 1.94. The quantitative estimate of drug-likeness (QED) is 0.561. The minimum Gasteiger partial charge on any atom is -0.298 e. The number of aryl methyl sites for hydroxylation is 1. The van der Waals surface area contributed by atoms with Crippen LogP contribution in [-0.4, -0.2) is 10.9 Å². The van der Waals surface area contributed by atoms with Crippen molar-refractivity contribution >= 4 is 57.2 Å². The van der Waals surface area contributed by atoms with Gasteiger partial charge in [0.15, 0.2) is 5.13 Å². The van der Waals surface area contributed by atoms with Gasteiger partial charge in [-0.15, -0.1) is 11.3 Å². The molecule has 0 saturated heterocycles. The van der Waals surface area contributed by atoms with Crippen LogP contribution in [0.2, 0.25) is 15.1 Å². The SMILES string of the molecule is Cc1sc(NC(=O)c2cccc(Cl)c2)nc1-c1ccc(Cl)c(Cl)c1. The molecule has 0 radical (unpaired) electrons. The lowest BCUT2D eigenvalue weighted by atomic mass is 10.1. The van der Waals surface area contributed by atoms with Crippen LogP contribution in [0.25, 0.3) is 11.3 Å². The van der Waals surface area contributed by atoms with Crippen molar-refractivity contribution in [1.29, 1.82) is 0 Å². The molecule has 1 aromatic heterocycles. The van der Waals surface area contributed by atoms with E-state index >= 15 is 0 Å². The van der Waals surface area contributed by atoms with E-state index in [1.807, 2.05) is 13.0 Å².